The van der Waals surface area contributed by atoms with Crippen LogP contribution in [0.3, 0.4) is 0 Å². The highest BCUT2D eigenvalue weighted by atomic mass is 16.5. The Bertz CT molecular complexity index is 1320. The fraction of sp³-hybridized carbons (Fsp3) is 0.433. The third kappa shape index (κ3) is 5.71. The third-order valence-corrected chi connectivity index (χ3v) is 6.89. The van der Waals surface area contributed by atoms with Gasteiger partial charge in [0.25, 0.3) is 0 Å². The molecule has 7 nitrogen and oxygen atoms in total. The first kappa shape index (κ1) is 26.5. The molecule has 0 saturated heterocycles. The second-order valence-electron chi connectivity index (χ2n) is 9.77. The Morgan fingerprint density at radius 2 is 1.68 bits per heavy atom. The number of aromatic hydroxyl groups is 1. The minimum atomic E-state index is -0.293. The number of hydrogen-bond acceptors (Lipinski definition) is 7. The van der Waals surface area contributed by atoms with Crippen molar-refractivity contribution in [3.05, 3.63) is 51.7 Å². The lowest BCUT2D eigenvalue weighted by Gasteiger charge is -2.21. The summed E-state index contributed by atoms with van der Waals surface area (Å²) in [6.45, 7) is 4.51. The molecule has 1 N–H and O–H groups in total. The maximum atomic E-state index is 13.7. The molecule has 0 spiro atoms. The van der Waals surface area contributed by atoms with Crippen molar-refractivity contribution in [2.45, 2.75) is 52.4 Å². The molecule has 1 aromatic heterocycles. The number of hydrogen-bond donors (Lipinski definition) is 1. The second-order valence-corrected chi connectivity index (χ2v) is 9.77. The van der Waals surface area contributed by atoms with Crippen LogP contribution in [-0.2, 0) is 6.42 Å². The number of ether oxygens (including phenoxy) is 4. The van der Waals surface area contributed by atoms with Crippen molar-refractivity contribution in [1.82, 2.24) is 0 Å². The topological polar surface area (TPSA) is 87.4 Å². The molecule has 7 heteroatoms. The van der Waals surface area contributed by atoms with Gasteiger partial charge in [-0.1, -0.05) is 30.9 Å². The summed E-state index contributed by atoms with van der Waals surface area (Å²) in [6.07, 6.45) is 8.31. The molecule has 3 aromatic rings. The predicted octanol–water partition coefficient (Wildman–Crippen LogP) is 6.66. The second kappa shape index (κ2) is 11.6. The molecule has 2 aromatic carbocycles. The Balaban J connectivity index is 1.87. The van der Waals surface area contributed by atoms with Crippen LogP contribution < -0.4 is 24.4 Å². The fourth-order valence-corrected chi connectivity index (χ4v) is 4.90. The van der Waals surface area contributed by atoms with Gasteiger partial charge in [-0.3, -0.25) is 4.79 Å². The maximum absolute atomic E-state index is 13.7. The van der Waals surface area contributed by atoms with E-state index in [0.717, 1.165) is 18.4 Å². The van der Waals surface area contributed by atoms with Crippen molar-refractivity contribution >= 4 is 11.0 Å². The predicted molar refractivity (Wildman–Crippen MR) is 144 cm³/mol. The van der Waals surface area contributed by atoms with Gasteiger partial charge < -0.3 is 28.5 Å². The van der Waals surface area contributed by atoms with Gasteiger partial charge in [0, 0.05) is 23.3 Å². The number of benzene rings is 2. The summed E-state index contributed by atoms with van der Waals surface area (Å²) in [5.74, 6) is 2.53. The minimum absolute atomic E-state index is 0.137. The zero-order valence-electron chi connectivity index (χ0n) is 22.3. The van der Waals surface area contributed by atoms with E-state index in [2.05, 4.69) is 0 Å². The number of allylic oxidation sites excluding steroid dienone is 2. The van der Waals surface area contributed by atoms with Gasteiger partial charge in [0.1, 0.15) is 28.2 Å². The number of fused-ring (bicyclic) bond motifs is 1. The summed E-state index contributed by atoms with van der Waals surface area (Å²) in [6, 6.07) is 6.69. The van der Waals surface area contributed by atoms with Gasteiger partial charge >= 0.3 is 0 Å². The summed E-state index contributed by atoms with van der Waals surface area (Å²) in [5.41, 5.74) is 2.05. The maximum Gasteiger partial charge on any atom is 0.203 e. The van der Waals surface area contributed by atoms with Gasteiger partial charge in [-0.05, 0) is 51.2 Å². The quantitative estimate of drug-likeness (QED) is 0.323. The van der Waals surface area contributed by atoms with Gasteiger partial charge in [-0.15, -0.1) is 0 Å². The van der Waals surface area contributed by atoms with E-state index < -0.39 is 0 Å². The highest BCUT2D eigenvalue weighted by molar-refractivity contribution is 5.87. The lowest BCUT2D eigenvalue weighted by molar-refractivity contribution is 0.208. The monoisotopic (exact) mass is 508 g/mol. The molecule has 0 unspecified atom stereocenters. The highest BCUT2D eigenvalue weighted by Crippen LogP contribution is 2.43. The first-order chi connectivity index (χ1) is 17.9. The van der Waals surface area contributed by atoms with Crippen LogP contribution in [0.25, 0.3) is 22.3 Å². The molecule has 0 bridgehead atoms. The van der Waals surface area contributed by atoms with E-state index in [9.17, 15) is 9.90 Å². The van der Waals surface area contributed by atoms with E-state index in [0.29, 0.717) is 58.8 Å². The van der Waals surface area contributed by atoms with Crippen LogP contribution in [0.15, 0.2) is 45.1 Å². The fourth-order valence-electron chi connectivity index (χ4n) is 4.90. The molecule has 198 valence electrons. The number of phenols is 1. The van der Waals surface area contributed by atoms with Crippen molar-refractivity contribution in [2.75, 3.05) is 27.9 Å². The zero-order chi connectivity index (χ0) is 26.5. The molecule has 1 saturated carbocycles. The van der Waals surface area contributed by atoms with E-state index in [1.165, 1.54) is 46.7 Å². The number of methoxy groups -OCH3 is 3. The van der Waals surface area contributed by atoms with Crippen molar-refractivity contribution < 1.29 is 28.5 Å². The van der Waals surface area contributed by atoms with Crippen LogP contribution in [0.5, 0.6) is 28.7 Å². The zero-order valence-corrected chi connectivity index (χ0v) is 22.3. The molecular formula is C30H36O7. The Kier molecular flexibility index (Phi) is 8.31. The normalized spacial score (nSPS) is 13.9. The van der Waals surface area contributed by atoms with E-state index in [4.69, 9.17) is 23.4 Å². The van der Waals surface area contributed by atoms with Crippen molar-refractivity contribution in [3.8, 4) is 40.1 Å². The lowest BCUT2D eigenvalue weighted by Crippen LogP contribution is -2.15. The first-order valence-corrected chi connectivity index (χ1v) is 12.8. The molecule has 4 rings (SSSR count). The third-order valence-electron chi connectivity index (χ3n) is 6.89. The van der Waals surface area contributed by atoms with Crippen molar-refractivity contribution in [2.24, 2.45) is 5.92 Å². The van der Waals surface area contributed by atoms with Gasteiger partial charge in [-0.2, -0.15) is 0 Å². The average Bonchev–Trinajstić information content (AvgIpc) is 2.90. The highest BCUT2D eigenvalue weighted by Gasteiger charge is 2.23. The smallest absolute Gasteiger partial charge is 0.203 e. The molecule has 0 amide bonds. The molecular weight excluding hydrogens is 472 g/mol. The molecule has 1 heterocycles. The molecule has 0 atom stereocenters. The lowest BCUT2D eigenvalue weighted by atomic mass is 9.90. The van der Waals surface area contributed by atoms with Crippen LogP contribution in [0.4, 0.5) is 0 Å². The largest absolute Gasteiger partial charge is 0.507 e. The van der Waals surface area contributed by atoms with Crippen LogP contribution in [-0.4, -0.2) is 33.0 Å². The minimum Gasteiger partial charge on any atom is -0.507 e. The van der Waals surface area contributed by atoms with Gasteiger partial charge in [-0.25, -0.2) is 0 Å². The summed E-state index contributed by atoms with van der Waals surface area (Å²) >= 11 is 0. The summed E-state index contributed by atoms with van der Waals surface area (Å²) in [4.78, 5) is 13.7. The van der Waals surface area contributed by atoms with Crippen molar-refractivity contribution in [1.29, 1.82) is 0 Å². The van der Waals surface area contributed by atoms with Gasteiger partial charge in [0.15, 0.2) is 11.5 Å². The molecule has 37 heavy (non-hydrogen) atoms. The van der Waals surface area contributed by atoms with E-state index >= 15 is 0 Å². The standard InChI is InChI=1S/C30H36O7/c1-18(2)11-12-22-28(32)27-23(31)15-21(36-17-19-9-7-6-8-10-19)16-24(27)37-29(22)20-13-25(33-3)30(35-5)26(14-20)34-4/h11,13-16,19,31H,6-10,12,17H2,1-5H3. The Hall–Kier alpha value is -3.61. The Morgan fingerprint density at radius 3 is 2.27 bits per heavy atom. The van der Waals surface area contributed by atoms with E-state index in [-0.39, 0.29) is 22.1 Å². The van der Waals surface area contributed by atoms with E-state index in [1.807, 2.05) is 19.9 Å². The van der Waals surface area contributed by atoms with Gasteiger partial charge in [0.2, 0.25) is 11.2 Å². The molecule has 1 aliphatic rings. The molecule has 1 aliphatic carbocycles. The molecule has 0 radical (unpaired) electrons. The van der Waals surface area contributed by atoms with Crippen LogP contribution in [0, 0.1) is 5.92 Å². The van der Waals surface area contributed by atoms with Gasteiger partial charge in [0.05, 0.1) is 27.9 Å². The summed E-state index contributed by atoms with van der Waals surface area (Å²) in [5, 5.41) is 11.0. The van der Waals surface area contributed by atoms with Crippen LogP contribution in [0.2, 0.25) is 0 Å². The SMILES string of the molecule is COc1cc(-c2oc3cc(OCC4CCCCC4)cc(O)c3c(=O)c2CC=C(C)C)cc(OC)c1OC. The average molecular weight is 509 g/mol. The van der Waals surface area contributed by atoms with E-state index in [1.54, 1.807) is 18.2 Å². The van der Waals surface area contributed by atoms with Crippen LogP contribution >= 0.6 is 0 Å². The Morgan fingerprint density at radius 1 is 1.00 bits per heavy atom. The first-order valence-electron chi connectivity index (χ1n) is 12.8. The van der Waals surface area contributed by atoms with Crippen LogP contribution in [0.1, 0.15) is 51.5 Å². The summed E-state index contributed by atoms with van der Waals surface area (Å²) < 4.78 is 28.9. The molecule has 0 aliphatic heterocycles. The summed E-state index contributed by atoms with van der Waals surface area (Å²) in [7, 11) is 4.61. The Labute approximate surface area is 217 Å². The number of phenolic OH excluding ortho intramolecular Hbond substituents is 1. The van der Waals surface area contributed by atoms with Crippen molar-refractivity contribution in [3.63, 3.8) is 0 Å². The number of rotatable bonds is 9. The molecule has 1 fully saturated rings.